The second-order valence-electron chi connectivity index (χ2n) is 13.5. The van der Waals surface area contributed by atoms with Crippen molar-refractivity contribution in [3.63, 3.8) is 0 Å². The highest BCUT2D eigenvalue weighted by Gasteiger charge is 2.38. The maximum atomic E-state index is 13.9. The van der Waals surface area contributed by atoms with Crippen LogP contribution in [0.3, 0.4) is 0 Å². The molecule has 11 heteroatoms. The maximum absolute atomic E-state index is 13.9. The summed E-state index contributed by atoms with van der Waals surface area (Å²) in [6.45, 7) is 5.69. The van der Waals surface area contributed by atoms with Gasteiger partial charge in [-0.1, -0.05) is 74.5 Å². The summed E-state index contributed by atoms with van der Waals surface area (Å²) in [5.74, 6) is -1.38. The minimum Gasteiger partial charge on any atom is -0.343 e. The first-order valence-electron chi connectivity index (χ1n) is 17.1. The van der Waals surface area contributed by atoms with Gasteiger partial charge in [-0.05, 0) is 68.5 Å². The van der Waals surface area contributed by atoms with E-state index in [0.717, 1.165) is 30.4 Å². The highest BCUT2D eigenvalue weighted by atomic mass is 16.2. The first-order chi connectivity index (χ1) is 22.6. The van der Waals surface area contributed by atoms with Crippen molar-refractivity contribution < 1.29 is 19.2 Å². The summed E-state index contributed by atoms with van der Waals surface area (Å²) in [5.41, 5.74) is 13.8. The number of likely N-dealkylation sites (tertiary alicyclic amines) is 1. The Kier molecular flexibility index (Phi) is 13.8. The Morgan fingerprint density at radius 1 is 0.766 bits per heavy atom. The molecular weight excluding hydrogens is 594 g/mol. The minimum atomic E-state index is -0.965. The van der Waals surface area contributed by atoms with E-state index in [4.69, 9.17) is 11.5 Å². The molecule has 0 spiro atoms. The van der Waals surface area contributed by atoms with Gasteiger partial charge in [-0.3, -0.25) is 19.2 Å². The summed E-state index contributed by atoms with van der Waals surface area (Å²) in [6, 6.07) is 16.0. The van der Waals surface area contributed by atoms with E-state index in [1.807, 2.05) is 79.4 Å². The van der Waals surface area contributed by atoms with Crippen molar-refractivity contribution in [1.82, 2.24) is 26.2 Å². The number of rotatable bonds is 17. The average Bonchev–Trinajstić information content (AvgIpc) is 3.40. The number of hydrogen-bond acceptors (Lipinski definition) is 7. The van der Waals surface area contributed by atoms with Crippen LogP contribution in [-0.4, -0.2) is 84.4 Å². The van der Waals surface area contributed by atoms with Gasteiger partial charge >= 0.3 is 0 Å². The molecule has 0 radical (unpaired) electrons. The number of carbonyl (C=O) groups excluding carboxylic acids is 4. The molecular formula is C36H53N7O4. The molecule has 6 atom stereocenters. The fraction of sp³-hybridized carbons (Fsp3) is 0.556. The number of unbranched alkanes of at least 4 members (excludes halogenated alkanes) is 1. The highest BCUT2D eigenvalue weighted by molar-refractivity contribution is 5.95. The summed E-state index contributed by atoms with van der Waals surface area (Å²) in [6.07, 6.45) is 4.89. The Hall–Kier alpha value is -3.80. The van der Waals surface area contributed by atoms with Gasteiger partial charge in [0.1, 0.15) is 18.1 Å². The van der Waals surface area contributed by atoms with Crippen LogP contribution < -0.4 is 32.7 Å². The minimum absolute atomic E-state index is 0.0719. The molecule has 256 valence electrons. The van der Waals surface area contributed by atoms with Crippen molar-refractivity contribution in [3.8, 4) is 0 Å². The van der Waals surface area contributed by atoms with Crippen LogP contribution in [0.15, 0.2) is 60.7 Å². The van der Waals surface area contributed by atoms with Crippen molar-refractivity contribution >= 4 is 23.6 Å². The quantitative estimate of drug-likeness (QED) is 0.141. The monoisotopic (exact) mass is 647 g/mol. The van der Waals surface area contributed by atoms with Gasteiger partial charge in [0.25, 0.3) is 0 Å². The molecule has 2 saturated heterocycles. The molecule has 4 amide bonds. The average molecular weight is 648 g/mol. The standard InChI is InChI=1S/C36H53N7O4/c1-24(2)19-31(34(45)40-30(15-9-10-18-37)36(47)43-22-27-16-17-28(23-43)39-27)42-35(46)32(21-26-13-7-4-8-14-26)41-33(44)29(38)20-25-11-5-3-6-12-25/h3-8,11-14,24,27-32,39H,9-10,15-23,37-38H2,1-2H3,(H,40,45)(H,41,44)(H,42,46). The number of hydrogen-bond donors (Lipinski definition) is 6. The Labute approximate surface area is 279 Å². The van der Waals surface area contributed by atoms with Crippen LogP contribution in [0.4, 0.5) is 0 Å². The van der Waals surface area contributed by atoms with Gasteiger partial charge in [-0.15, -0.1) is 0 Å². The molecule has 2 aromatic rings. The zero-order valence-corrected chi connectivity index (χ0v) is 27.8. The van der Waals surface area contributed by atoms with E-state index < -0.39 is 41.9 Å². The maximum Gasteiger partial charge on any atom is 0.245 e. The molecule has 8 N–H and O–H groups in total. The molecule has 2 aromatic carbocycles. The van der Waals surface area contributed by atoms with E-state index in [1.165, 1.54) is 0 Å². The molecule has 6 unspecified atom stereocenters. The Bertz CT molecular complexity index is 1300. The number of nitrogens with zero attached hydrogens (tertiary/aromatic N) is 1. The lowest BCUT2D eigenvalue weighted by Crippen LogP contribution is -2.60. The van der Waals surface area contributed by atoms with E-state index in [-0.39, 0.29) is 30.3 Å². The fourth-order valence-electron chi connectivity index (χ4n) is 6.49. The van der Waals surface area contributed by atoms with E-state index >= 15 is 0 Å². The molecule has 0 aromatic heterocycles. The van der Waals surface area contributed by atoms with Crippen LogP contribution in [0, 0.1) is 5.92 Å². The van der Waals surface area contributed by atoms with Crippen LogP contribution in [0.1, 0.15) is 63.5 Å². The van der Waals surface area contributed by atoms with Gasteiger partial charge in [0, 0.05) is 31.6 Å². The van der Waals surface area contributed by atoms with Crippen LogP contribution in [-0.2, 0) is 32.0 Å². The summed E-state index contributed by atoms with van der Waals surface area (Å²) in [7, 11) is 0. The molecule has 47 heavy (non-hydrogen) atoms. The first kappa shape index (κ1) is 36.0. The van der Waals surface area contributed by atoms with E-state index in [2.05, 4.69) is 21.3 Å². The smallest absolute Gasteiger partial charge is 0.245 e. The third kappa shape index (κ3) is 11.2. The van der Waals surface area contributed by atoms with Crippen molar-refractivity contribution in [3.05, 3.63) is 71.8 Å². The third-order valence-electron chi connectivity index (χ3n) is 8.98. The van der Waals surface area contributed by atoms with Crippen LogP contribution in [0.5, 0.6) is 0 Å². The van der Waals surface area contributed by atoms with Gasteiger partial charge in [0.15, 0.2) is 0 Å². The van der Waals surface area contributed by atoms with Crippen molar-refractivity contribution in [1.29, 1.82) is 0 Å². The van der Waals surface area contributed by atoms with Crippen molar-refractivity contribution in [2.45, 2.75) is 101 Å². The van der Waals surface area contributed by atoms with Gasteiger partial charge in [0.05, 0.1) is 6.04 Å². The zero-order valence-electron chi connectivity index (χ0n) is 27.8. The predicted molar refractivity (Wildman–Crippen MR) is 183 cm³/mol. The lowest BCUT2D eigenvalue weighted by Gasteiger charge is -2.35. The second-order valence-corrected chi connectivity index (χ2v) is 13.5. The molecule has 2 heterocycles. The molecule has 2 bridgehead atoms. The lowest BCUT2D eigenvalue weighted by atomic mass is 9.99. The molecule has 2 fully saturated rings. The van der Waals surface area contributed by atoms with Crippen molar-refractivity contribution in [2.24, 2.45) is 17.4 Å². The molecule has 4 rings (SSSR count). The number of nitrogens with one attached hydrogen (secondary N) is 4. The summed E-state index contributed by atoms with van der Waals surface area (Å²) < 4.78 is 0. The van der Waals surface area contributed by atoms with E-state index in [9.17, 15) is 19.2 Å². The third-order valence-corrected chi connectivity index (χ3v) is 8.98. The fourth-order valence-corrected chi connectivity index (χ4v) is 6.49. The zero-order chi connectivity index (χ0) is 33.8. The first-order valence-corrected chi connectivity index (χ1v) is 17.1. The van der Waals surface area contributed by atoms with Crippen molar-refractivity contribution in [2.75, 3.05) is 19.6 Å². The molecule has 0 saturated carbocycles. The summed E-state index contributed by atoms with van der Waals surface area (Å²) in [5, 5.41) is 12.3. The number of nitrogens with two attached hydrogens (primary N) is 2. The molecule has 0 aliphatic carbocycles. The van der Waals surface area contributed by atoms with Gasteiger partial charge < -0.3 is 37.6 Å². The molecule has 11 nitrogen and oxygen atoms in total. The molecule has 2 aliphatic heterocycles. The van der Waals surface area contributed by atoms with Crippen LogP contribution in [0.25, 0.3) is 0 Å². The Balaban J connectivity index is 1.47. The highest BCUT2D eigenvalue weighted by Crippen LogP contribution is 2.21. The topological polar surface area (TPSA) is 172 Å². The number of piperazine rings is 1. The number of amides is 4. The number of benzene rings is 2. The van der Waals surface area contributed by atoms with E-state index in [0.29, 0.717) is 45.3 Å². The SMILES string of the molecule is CC(C)CC(NC(=O)C(Cc1ccccc1)NC(=O)C(N)Cc1ccccc1)C(=O)NC(CCCCN)C(=O)N1CC2CCC(C1)N2. The Morgan fingerprint density at radius 2 is 1.30 bits per heavy atom. The van der Waals surface area contributed by atoms with Gasteiger partial charge in [0.2, 0.25) is 23.6 Å². The predicted octanol–water partition coefficient (Wildman–Crippen LogP) is 1.39. The number of carbonyl (C=O) groups is 4. The van der Waals surface area contributed by atoms with E-state index in [1.54, 1.807) is 0 Å². The summed E-state index contributed by atoms with van der Waals surface area (Å²) >= 11 is 0. The normalized spacial score (nSPS) is 19.8. The number of fused-ring (bicyclic) bond motifs is 2. The molecule has 2 aliphatic rings. The van der Waals surface area contributed by atoms with Gasteiger partial charge in [-0.2, -0.15) is 0 Å². The largest absolute Gasteiger partial charge is 0.343 e. The second kappa shape index (κ2) is 17.9. The van der Waals surface area contributed by atoms with Crippen LogP contribution in [0.2, 0.25) is 0 Å². The lowest BCUT2D eigenvalue weighted by molar-refractivity contribution is -0.139. The van der Waals surface area contributed by atoms with Gasteiger partial charge in [-0.25, -0.2) is 0 Å². The van der Waals surface area contributed by atoms with Crippen LogP contribution >= 0.6 is 0 Å². The Morgan fingerprint density at radius 3 is 1.87 bits per heavy atom. The summed E-state index contributed by atoms with van der Waals surface area (Å²) in [4.78, 5) is 56.6.